The second-order valence-electron chi connectivity index (χ2n) is 3.11. The van der Waals surface area contributed by atoms with E-state index in [9.17, 15) is 0 Å². The Morgan fingerprint density at radius 3 is 2.80 bits per heavy atom. The maximum Gasteiger partial charge on any atom is 0.132 e. The molecule has 15 heavy (non-hydrogen) atoms. The first-order valence-electron chi connectivity index (χ1n) is 4.48. The summed E-state index contributed by atoms with van der Waals surface area (Å²) in [6.45, 7) is 0. The van der Waals surface area contributed by atoms with E-state index in [1.165, 1.54) is 3.57 Å². The van der Waals surface area contributed by atoms with Crippen molar-refractivity contribution in [1.82, 2.24) is 4.98 Å². The molecule has 3 N–H and O–H groups in total. The highest BCUT2D eigenvalue weighted by Gasteiger charge is 1.96. The highest BCUT2D eigenvalue weighted by molar-refractivity contribution is 14.1. The predicted molar refractivity (Wildman–Crippen MR) is 71.1 cm³/mol. The first-order valence-corrected chi connectivity index (χ1v) is 5.56. The van der Waals surface area contributed by atoms with Gasteiger partial charge in [0.1, 0.15) is 5.82 Å². The molecule has 0 radical (unpaired) electrons. The van der Waals surface area contributed by atoms with Gasteiger partial charge < -0.3 is 11.1 Å². The van der Waals surface area contributed by atoms with Crippen LogP contribution in [0.5, 0.6) is 0 Å². The Balaban J connectivity index is 2.22. The lowest BCUT2D eigenvalue weighted by atomic mass is 10.3. The Bertz CT molecular complexity index is 427. The van der Waals surface area contributed by atoms with E-state index in [4.69, 9.17) is 5.73 Å². The van der Waals surface area contributed by atoms with Gasteiger partial charge in [-0.25, -0.2) is 4.98 Å². The summed E-state index contributed by atoms with van der Waals surface area (Å²) in [5, 5.41) is 3.19. The molecule has 1 aromatic heterocycles. The van der Waals surface area contributed by atoms with Crippen molar-refractivity contribution in [2.75, 3.05) is 11.1 Å². The molecule has 0 fully saturated rings. The van der Waals surface area contributed by atoms with Crippen LogP contribution in [-0.2, 0) is 0 Å². The van der Waals surface area contributed by atoms with E-state index in [0.29, 0.717) is 5.69 Å². The number of rotatable bonds is 2. The van der Waals surface area contributed by atoms with Crippen molar-refractivity contribution in [3.8, 4) is 0 Å². The molecule has 0 unspecified atom stereocenters. The van der Waals surface area contributed by atoms with Crippen LogP contribution < -0.4 is 11.1 Å². The molecular formula is C11H10IN3. The lowest BCUT2D eigenvalue weighted by Gasteiger charge is -2.05. The normalized spacial score (nSPS) is 9.93. The van der Waals surface area contributed by atoms with Crippen LogP contribution in [0, 0.1) is 3.57 Å². The molecule has 0 spiro atoms. The van der Waals surface area contributed by atoms with Gasteiger partial charge in [0.2, 0.25) is 0 Å². The molecule has 0 atom stereocenters. The average Bonchev–Trinajstić information content (AvgIpc) is 2.17. The fraction of sp³-hybridized carbons (Fsp3) is 0. The van der Waals surface area contributed by atoms with Gasteiger partial charge in [-0.1, -0.05) is 6.07 Å². The number of aromatic nitrogens is 1. The summed E-state index contributed by atoms with van der Waals surface area (Å²) in [6.07, 6.45) is 1.69. The monoisotopic (exact) mass is 311 g/mol. The number of nitrogens with one attached hydrogen (secondary N) is 1. The Kier molecular flexibility index (Phi) is 3.05. The van der Waals surface area contributed by atoms with Crippen molar-refractivity contribution in [3.63, 3.8) is 0 Å². The highest BCUT2D eigenvalue weighted by atomic mass is 127. The molecule has 1 heterocycles. The quantitative estimate of drug-likeness (QED) is 0.838. The van der Waals surface area contributed by atoms with Crippen molar-refractivity contribution in [1.29, 1.82) is 0 Å². The van der Waals surface area contributed by atoms with Crippen molar-refractivity contribution in [2.24, 2.45) is 0 Å². The minimum atomic E-state index is 0.707. The third-order valence-electron chi connectivity index (χ3n) is 1.88. The molecule has 4 heteroatoms. The number of hydrogen-bond acceptors (Lipinski definition) is 3. The molecule has 1 aromatic carbocycles. The molecule has 0 amide bonds. The van der Waals surface area contributed by atoms with Gasteiger partial charge in [-0.15, -0.1) is 0 Å². The van der Waals surface area contributed by atoms with E-state index in [1.807, 2.05) is 24.3 Å². The Morgan fingerprint density at radius 2 is 2.07 bits per heavy atom. The van der Waals surface area contributed by atoms with Gasteiger partial charge in [0.25, 0.3) is 0 Å². The van der Waals surface area contributed by atoms with Crippen molar-refractivity contribution in [3.05, 3.63) is 46.2 Å². The SMILES string of the molecule is Nc1ccnc(Nc2cccc(I)c2)c1. The molecule has 0 saturated heterocycles. The average molecular weight is 311 g/mol. The lowest BCUT2D eigenvalue weighted by molar-refractivity contribution is 1.31. The van der Waals surface area contributed by atoms with E-state index >= 15 is 0 Å². The number of nitrogens with zero attached hydrogens (tertiary/aromatic N) is 1. The predicted octanol–water partition coefficient (Wildman–Crippen LogP) is 3.01. The zero-order chi connectivity index (χ0) is 10.7. The second kappa shape index (κ2) is 4.48. The number of nitrogen functional groups attached to an aromatic ring is 1. The van der Waals surface area contributed by atoms with Crippen LogP contribution in [-0.4, -0.2) is 4.98 Å². The van der Waals surface area contributed by atoms with Crippen LogP contribution in [0.2, 0.25) is 0 Å². The number of pyridine rings is 1. The standard InChI is InChI=1S/C11H10IN3/c12-8-2-1-3-10(6-8)15-11-7-9(13)4-5-14-11/h1-7H,(H3,13,14,15). The molecule has 2 aromatic rings. The van der Waals surface area contributed by atoms with Crippen molar-refractivity contribution in [2.45, 2.75) is 0 Å². The maximum absolute atomic E-state index is 5.66. The van der Waals surface area contributed by atoms with Gasteiger partial charge >= 0.3 is 0 Å². The number of anilines is 3. The van der Waals surface area contributed by atoms with E-state index in [0.717, 1.165) is 11.5 Å². The molecule has 0 saturated carbocycles. The molecule has 0 aliphatic rings. The van der Waals surface area contributed by atoms with Crippen LogP contribution in [0.25, 0.3) is 0 Å². The van der Waals surface area contributed by atoms with Crippen LogP contribution in [0.3, 0.4) is 0 Å². The maximum atomic E-state index is 5.66. The number of benzene rings is 1. The summed E-state index contributed by atoms with van der Waals surface area (Å²) in [5.41, 5.74) is 7.38. The Hall–Kier alpha value is -1.30. The van der Waals surface area contributed by atoms with Crippen molar-refractivity contribution < 1.29 is 0 Å². The third kappa shape index (κ3) is 2.82. The summed E-state index contributed by atoms with van der Waals surface area (Å²) < 4.78 is 1.18. The summed E-state index contributed by atoms with van der Waals surface area (Å²) in [5.74, 6) is 0.761. The van der Waals surface area contributed by atoms with Gasteiger partial charge in [-0.3, -0.25) is 0 Å². The van der Waals surface area contributed by atoms with Gasteiger partial charge in [0.15, 0.2) is 0 Å². The topological polar surface area (TPSA) is 50.9 Å². The molecule has 2 rings (SSSR count). The molecule has 76 valence electrons. The van der Waals surface area contributed by atoms with Crippen molar-refractivity contribution >= 4 is 39.8 Å². The van der Waals surface area contributed by atoms with Crippen LogP contribution in [0.15, 0.2) is 42.6 Å². The van der Waals surface area contributed by atoms with Gasteiger partial charge in [0, 0.05) is 27.2 Å². The highest BCUT2D eigenvalue weighted by Crippen LogP contribution is 2.18. The first kappa shape index (κ1) is 10.2. The zero-order valence-electron chi connectivity index (χ0n) is 7.94. The fourth-order valence-electron chi connectivity index (χ4n) is 1.23. The first-order chi connectivity index (χ1) is 7.24. The van der Waals surface area contributed by atoms with Crippen LogP contribution in [0.4, 0.5) is 17.2 Å². The fourth-order valence-corrected chi connectivity index (χ4v) is 1.77. The second-order valence-corrected chi connectivity index (χ2v) is 4.36. The Labute approximate surface area is 102 Å². The Morgan fingerprint density at radius 1 is 1.20 bits per heavy atom. The summed E-state index contributed by atoms with van der Waals surface area (Å²) in [7, 11) is 0. The van der Waals surface area contributed by atoms with Gasteiger partial charge in [-0.05, 0) is 46.9 Å². The lowest BCUT2D eigenvalue weighted by Crippen LogP contribution is -1.95. The minimum absolute atomic E-state index is 0.707. The number of halogens is 1. The van der Waals surface area contributed by atoms with Crippen LogP contribution in [0.1, 0.15) is 0 Å². The molecule has 3 nitrogen and oxygen atoms in total. The van der Waals surface area contributed by atoms with E-state index < -0.39 is 0 Å². The smallest absolute Gasteiger partial charge is 0.132 e. The van der Waals surface area contributed by atoms with E-state index in [-0.39, 0.29) is 0 Å². The molecule has 0 aliphatic carbocycles. The third-order valence-corrected chi connectivity index (χ3v) is 2.55. The van der Waals surface area contributed by atoms with Crippen LogP contribution >= 0.6 is 22.6 Å². The van der Waals surface area contributed by atoms with Gasteiger partial charge in [0.05, 0.1) is 0 Å². The number of hydrogen-bond donors (Lipinski definition) is 2. The summed E-state index contributed by atoms with van der Waals surface area (Å²) in [4.78, 5) is 4.17. The molecular weight excluding hydrogens is 301 g/mol. The molecule has 0 aliphatic heterocycles. The zero-order valence-corrected chi connectivity index (χ0v) is 10.1. The minimum Gasteiger partial charge on any atom is -0.399 e. The summed E-state index contributed by atoms with van der Waals surface area (Å²) in [6, 6.07) is 11.6. The van der Waals surface area contributed by atoms with E-state index in [1.54, 1.807) is 18.3 Å². The largest absolute Gasteiger partial charge is 0.399 e. The molecule has 0 bridgehead atoms. The van der Waals surface area contributed by atoms with E-state index in [2.05, 4.69) is 32.9 Å². The van der Waals surface area contributed by atoms with Gasteiger partial charge in [-0.2, -0.15) is 0 Å². The summed E-state index contributed by atoms with van der Waals surface area (Å²) >= 11 is 2.27. The number of nitrogens with two attached hydrogens (primary N) is 1.